The van der Waals surface area contributed by atoms with E-state index in [4.69, 9.17) is 0 Å². The molecule has 0 saturated carbocycles. The highest BCUT2D eigenvalue weighted by atomic mass is 16.1. The Balaban J connectivity index is 2.69. The Morgan fingerprint density at radius 1 is 1.00 bits per heavy atom. The van der Waals surface area contributed by atoms with Crippen LogP contribution < -0.4 is 5.56 Å². The summed E-state index contributed by atoms with van der Waals surface area (Å²) in [6, 6.07) is 6.02. The van der Waals surface area contributed by atoms with Crippen LogP contribution in [0, 0.1) is 27.7 Å². The van der Waals surface area contributed by atoms with Crippen LogP contribution in [-0.4, -0.2) is 9.78 Å². The molecule has 0 aliphatic rings. The Morgan fingerprint density at radius 3 is 2.18 bits per heavy atom. The maximum absolute atomic E-state index is 12.1. The molecule has 0 radical (unpaired) electrons. The van der Waals surface area contributed by atoms with Crippen LogP contribution in [0.5, 0.6) is 0 Å². The van der Waals surface area contributed by atoms with Crippen LogP contribution in [0.3, 0.4) is 0 Å². The molecule has 2 rings (SSSR count). The van der Waals surface area contributed by atoms with E-state index in [9.17, 15) is 4.79 Å². The Morgan fingerprint density at radius 2 is 1.59 bits per heavy atom. The highest BCUT2D eigenvalue weighted by Crippen LogP contribution is 2.11. The fourth-order valence-corrected chi connectivity index (χ4v) is 1.88. The predicted octanol–water partition coefficient (Wildman–Crippen LogP) is 2.47. The number of aryl methyl sites for hydroxylation is 3. The number of benzene rings is 1. The first-order chi connectivity index (χ1) is 7.99. The van der Waals surface area contributed by atoms with E-state index >= 15 is 0 Å². The molecule has 0 saturated heterocycles. The summed E-state index contributed by atoms with van der Waals surface area (Å²) in [4.78, 5) is 12.1. The number of aromatic nitrogens is 2. The molecule has 3 nitrogen and oxygen atoms in total. The van der Waals surface area contributed by atoms with Crippen molar-refractivity contribution in [3.8, 4) is 5.69 Å². The second-order valence-electron chi connectivity index (χ2n) is 4.52. The number of hydrogen-bond donors (Lipinski definition) is 0. The van der Waals surface area contributed by atoms with Crippen molar-refractivity contribution in [2.24, 2.45) is 0 Å². The van der Waals surface area contributed by atoms with Gasteiger partial charge in [0.25, 0.3) is 5.56 Å². The molecule has 1 aromatic carbocycles. The Labute approximate surface area is 101 Å². The van der Waals surface area contributed by atoms with Gasteiger partial charge in [0.05, 0.1) is 11.9 Å². The lowest BCUT2D eigenvalue weighted by molar-refractivity contribution is 0.787. The molecule has 2 aromatic rings. The molecule has 3 heteroatoms. The summed E-state index contributed by atoms with van der Waals surface area (Å²) in [6.45, 7) is 7.76. The normalized spacial score (nSPS) is 10.6. The van der Waals surface area contributed by atoms with Crippen molar-refractivity contribution in [2.45, 2.75) is 27.7 Å². The highest BCUT2D eigenvalue weighted by molar-refractivity contribution is 5.39. The third kappa shape index (κ3) is 2.13. The molecule has 0 atom stereocenters. The van der Waals surface area contributed by atoms with Gasteiger partial charge in [0.15, 0.2) is 0 Å². The van der Waals surface area contributed by atoms with E-state index in [0.717, 1.165) is 27.9 Å². The van der Waals surface area contributed by atoms with Crippen molar-refractivity contribution < 1.29 is 0 Å². The lowest BCUT2D eigenvalue weighted by atomic mass is 10.1. The van der Waals surface area contributed by atoms with Gasteiger partial charge in [-0.1, -0.05) is 6.07 Å². The van der Waals surface area contributed by atoms with Crippen LogP contribution in [0.1, 0.15) is 22.3 Å². The van der Waals surface area contributed by atoms with Crippen molar-refractivity contribution in [3.63, 3.8) is 0 Å². The Bertz CT molecular complexity index is 606. The minimum atomic E-state index is -0.0463. The fraction of sp³-hybridized carbons (Fsp3) is 0.286. The summed E-state index contributed by atoms with van der Waals surface area (Å²) in [7, 11) is 0. The van der Waals surface area contributed by atoms with Crippen molar-refractivity contribution in [2.75, 3.05) is 0 Å². The van der Waals surface area contributed by atoms with Gasteiger partial charge in [-0.2, -0.15) is 9.78 Å². The monoisotopic (exact) mass is 228 g/mol. The topological polar surface area (TPSA) is 34.9 Å². The molecule has 1 heterocycles. The first-order valence-corrected chi connectivity index (χ1v) is 5.63. The van der Waals surface area contributed by atoms with Crippen molar-refractivity contribution in [1.82, 2.24) is 9.78 Å². The lowest BCUT2D eigenvalue weighted by Gasteiger charge is -2.08. The minimum absolute atomic E-state index is 0.0463. The SMILES string of the molecule is Cc1cc(C)cc(-n2ncc(C)c(C)c2=O)c1. The maximum atomic E-state index is 12.1. The summed E-state index contributed by atoms with van der Waals surface area (Å²) >= 11 is 0. The van der Waals surface area contributed by atoms with Gasteiger partial charge < -0.3 is 0 Å². The molecule has 0 bridgehead atoms. The average molecular weight is 228 g/mol. The van der Waals surface area contributed by atoms with Crippen molar-refractivity contribution in [3.05, 3.63) is 57.0 Å². The standard InChI is InChI=1S/C14H16N2O/c1-9-5-10(2)7-13(6-9)16-14(17)12(4)11(3)8-15-16/h5-8H,1-4H3. The average Bonchev–Trinajstić information content (AvgIpc) is 2.24. The van der Waals surface area contributed by atoms with Gasteiger partial charge >= 0.3 is 0 Å². The minimum Gasteiger partial charge on any atom is -0.267 e. The van der Waals surface area contributed by atoms with E-state index in [1.807, 2.05) is 39.8 Å². The van der Waals surface area contributed by atoms with E-state index in [-0.39, 0.29) is 5.56 Å². The Hall–Kier alpha value is -1.90. The molecule has 0 aliphatic heterocycles. The maximum Gasteiger partial charge on any atom is 0.274 e. The summed E-state index contributed by atoms with van der Waals surface area (Å²) in [5.41, 5.74) is 4.72. The molecule has 88 valence electrons. The van der Waals surface area contributed by atoms with Crippen LogP contribution in [0.15, 0.2) is 29.2 Å². The zero-order valence-electron chi connectivity index (χ0n) is 10.6. The molecular formula is C14H16N2O. The number of nitrogens with zero attached hydrogens (tertiary/aromatic N) is 2. The third-order valence-corrected chi connectivity index (χ3v) is 2.92. The molecular weight excluding hydrogens is 212 g/mol. The summed E-state index contributed by atoms with van der Waals surface area (Å²) in [6.07, 6.45) is 1.73. The van der Waals surface area contributed by atoms with Gasteiger partial charge in [-0.15, -0.1) is 0 Å². The van der Waals surface area contributed by atoms with Crippen LogP contribution in [0.4, 0.5) is 0 Å². The third-order valence-electron chi connectivity index (χ3n) is 2.92. The second kappa shape index (κ2) is 4.17. The van der Waals surface area contributed by atoms with E-state index < -0.39 is 0 Å². The smallest absolute Gasteiger partial charge is 0.267 e. The summed E-state index contributed by atoms with van der Waals surface area (Å²) in [5, 5.41) is 4.20. The number of rotatable bonds is 1. The second-order valence-corrected chi connectivity index (χ2v) is 4.52. The Kier molecular flexibility index (Phi) is 2.84. The van der Waals surface area contributed by atoms with E-state index in [1.165, 1.54) is 4.68 Å². The summed E-state index contributed by atoms with van der Waals surface area (Å²) in [5.74, 6) is 0. The molecule has 17 heavy (non-hydrogen) atoms. The summed E-state index contributed by atoms with van der Waals surface area (Å²) < 4.78 is 1.46. The van der Waals surface area contributed by atoms with Crippen LogP contribution in [0.25, 0.3) is 5.69 Å². The molecule has 0 spiro atoms. The van der Waals surface area contributed by atoms with Gasteiger partial charge in [0.2, 0.25) is 0 Å². The predicted molar refractivity (Wildman–Crippen MR) is 68.8 cm³/mol. The van der Waals surface area contributed by atoms with Gasteiger partial charge in [-0.25, -0.2) is 0 Å². The molecule has 0 aliphatic carbocycles. The molecule has 0 N–H and O–H groups in total. The highest BCUT2D eigenvalue weighted by Gasteiger charge is 2.06. The van der Waals surface area contributed by atoms with E-state index in [1.54, 1.807) is 6.20 Å². The van der Waals surface area contributed by atoms with Gasteiger partial charge in [-0.3, -0.25) is 4.79 Å². The zero-order chi connectivity index (χ0) is 12.6. The van der Waals surface area contributed by atoms with Crippen LogP contribution >= 0.6 is 0 Å². The zero-order valence-corrected chi connectivity index (χ0v) is 10.6. The fourth-order valence-electron chi connectivity index (χ4n) is 1.88. The van der Waals surface area contributed by atoms with E-state index in [0.29, 0.717) is 0 Å². The van der Waals surface area contributed by atoms with Gasteiger partial charge in [0.1, 0.15) is 0 Å². The largest absolute Gasteiger partial charge is 0.274 e. The first kappa shape index (κ1) is 11.6. The number of hydrogen-bond acceptors (Lipinski definition) is 2. The molecule has 0 amide bonds. The molecule has 0 unspecified atom stereocenters. The first-order valence-electron chi connectivity index (χ1n) is 5.63. The lowest BCUT2D eigenvalue weighted by Crippen LogP contribution is -2.24. The van der Waals surface area contributed by atoms with Crippen LogP contribution in [-0.2, 0) is 0 Å². The van der Waals surface area contributed by atoms with Crippen molar-refractivity contribution in [1.29, 1.82) is 0 Å². The molecule has 0 fully saturated rings. The van der Waals surface area contributed by atoms with E-state index in [2.05, 4.69) is 11.2 Å². The quantitative estimate of drug-likeness (QED) is 0.751. The van der Waals surface area contributed by atoms with Crippen molar-refractivity contribution >= 4 is 0 Å². The molecule has 1 aromatic heterocycles. The van der Waals surface area contributed by atoms with Gasteiger partial charge in [0, 0.05) is 5.56 Å². The van der Waals surface area contributed by atoms with Crippen LogP contribution in [0.2, 0.25) is 0 Å². The van der Waals surface area contributed by atoms with Gasteiger partial charge in [-0.05, 0) is 56.5 Å².